The Kier molecular flexibility index (Phi) is 4.02. The molecule has 0 atom stereocenters. The number of hydrogen-bond donors (Lipinski definition) is 2. The van der Waals surface area contributed by atoms with E-state index in [1.807, 2.05) is 13.8 Å². The molecule has 3 heterocycles. The molecule has 3 aromatic heterocycles. The van der Waals surface area contributed by atoms with Crippen molar-refractivity contribution in [2.45, 2.75) is 20.3 Å². The zero-order valence-corrected chi connectivity index (χ0v) is 13.3. The van der Waals surface area contributed by atoms with Gasteiger partial charge in [-0.1, -0.05) is 6.07 Å². The second-order valence-electron chi connectivity index (χ2n) is 4.89. The standard InChI is InChI=1S/C14H14N6O2S/c1-8-10(9(2)20-14(17-8)15-7-16-20)6-12(21)18-19-13(22)11-4-3-5-23-11/h3-5,7H,6H2,1-2H3,(H,18,21)(H,19,22). The van der Waals surface area contributed by atoms with Crippen molar-refractivity contribution in [1.29, 1.82) is 0 Å². The van der Waals surface area contributed by atoms with Crippen LogP contribution in [-0.4, -0.2) is 31.4 Å². The number of carbonyl (C=O) groups excluding carboxylic acids is 2. The Morgan fingerprint density at radius 1 is 1.30 bits per heavy atom. The molecule has 3 rings (SSSR count). The molecule has 0 fully saturated rings. The Morgan fingerprint density at radius 2 is 2.13 bits per heavy atom. The molecular formula is C14H14N6O2S. The first kappa shape index (κ1) is 15.1. The van der Waals surface area contributed by atoms with Crippen LogP contribution in [0.2, 0.25) is 0 Å². The first-order valence-electron chi connectivity index (χ1n) is 6.84. The molecule has 0 aromatic carbocycles. The van der Waals surface area contributed by atoms with E-state index in [9.17, 15) is 9.59 Å². The molecule has 0 saturated carbocycles. The first-order chi connectivity index (χ1) is 11.1. The van der Waals surface area contributed by atoms with Crippen molar-refractivity contribution in [3.8, 4) is 0 Å². The number of hydrazine groups is 1. The van der Waals surface area contributed by atoms with Crippen LogP contribution in [0.25, 0.3) is 5.78 Å². The average molecular weight is 330 g/mol. The minimum absolute atomic E-state index is 0.0885. The summed E-state index contributed by atoms with van der Waals surface area (Å²) in [6, 6.07) is 3.45. The molecule has 0 radical (unpaired) electrons. The predicted octanol–water partition coefficient (Wildman–Crippen LogP) is 0.806. The zero-order chi connectivity index (χ0) is 16.4. The lowest BCUT2D eigenvalue weighted by Crippen LogP contribution is -2.42. The molecule has 0 unspecified atom stereocenters. The highest BCUT2D eigenvalue weighted by Crippen LogP contribution is 2.13. The summed E-state index contributed by atoms with van der Waals surface area (Å²) in [6.07, 6.45) is 1.51. The summed E-state index contributed by atoms with van der Waals surface area (Å²) < 4.78 is 1.58. The topological polar surface area (TPSA) is 101 Å². The fraction of sp³-hybridized carbons (Fsp3) is 0.214. The molecule has 2 N–H and O–H groups in total. The van der Waals surface area contributed by atoms with Gasteiger partial charge >= 0.3 is 0 Å². The van der Waals surface area contributed by atoms with Gasteiger partial charge in [-0.3, -0.25) is 20.4 Å². The van der Waals surface area contributed by atoms with E-state index in [0.717, 1.165) is 11.3 Å². The maximum Gasteiger partial charge on any atom is 0.279 e. The van der Waals surface area contributed by atoms with Gasteiger partial charge in [0.1, 0.15) is 6.33 Å². The number of nitrogens with zero attached hydrogens (tertiary/aromatic N) is 4. The third-order valence-corrected chi connectivity index (χ3v) is 4.26. The number of hydrogen-bond acceptors (Lipinski definition) is 6. The first-order valence-corrected chi connectivity index (χ1v) is 7.72. The Morgan fingerprint density at radius 3 is 2.87 bits per heavy atom. The van der Waals surface area contributed by atoms with E-state index < -0.39 is 0 Å². The molecule has 3 aromatic rings. The highest BCUT2D eigenvalue weighted by atomic mass is 32.1. The van der Waals surface area contributed by atoms with Gasteiger partial charge in [0.05, 0.1) is 11.3 Å². The van der Waals surface area contributed by atoms with Crippen LogP contribution in [0.3, 0.4) is 0 Å². The normalized spacial score (nSPS) is 10.7. The van der Waals surface area contributed by atoms with Gasteiger partial charge in [-0.2, -0.15) is 10.1 Å². The van der Waals surface area contributed by atoms with Gasteiger partial charge in [-0.15, -0.1) is 11.3 Å². The van der Waals surface area contributed by atoms with Crippen LogP contribution in [0.4, 0.5) is 0 Å². The monoisotopic (exact) mass is 330 g/mol. The lowest BCUT2D eigenvalue weighted by Gasteiger charge is -2.11. The van der Waals surface area contributed by atoms with Crippen LogP contribution in [-0.2, 0) is 11.2 Å². The fourth-order valence-corrected chi connectivity index (χ4v) is 2.83. The Bertz CT molecular complexity index is 871. The van der Waals surface area contributed by atoms with Crippen LogP contribution < -0.4 is 10.9 Å². The maximum absolute atomic E-state index is 12.1. The van der Waals surface area contributed by atoms with Gasteiger partial charge in [0.25, 0.3) is 11.7 Å². The van der Waals surface area contributed by atoms with Gasteiger partial charge < -0.3 is 0 Å². The van der Waals surface area contributed by atoms with Gasteiger partial charge in [0.15, 0.2) is 0 Å². The van der Waals surface area contributed by atoms with Gasteiger partial charge in [0.2, 0.25) is 5.91 Å². The zero-order valence-electron chi connectivity index (χ0n) is 12.5. The Labute approximate surface area is 135 Å². The molecule has 0 aliphatic carbocycles. The molecular weight excluding hydrogens is 316 g/mol. The van der Waals surface area contributed by atoms with Crippen molar-refractivity contribution in [2.75, 3.05) is 0 Å². The number of aryl methyl sites for hydroxylation is 2. The van der Waals surface area contributed by atoms with Crippen molar-refractivity contribution in [3.05, 3.63) is 45.7 Å². The molecule has 23 heavy (non-hydrogen) atoms. The summed E-state index contributed by atoms with van der Waals surface area (Å²) in [7, 11) is 0. The van der Waals surface area contributed by atoms with E-state index in [2.05, 4.69) is 25.9 Å². The minimum Gasteiger partial charge on any atom is -0.273 e. The summed E-state index contributed by atoms with van der Waals surface area (Å²) in [5, 5.41) is 5.87. The summed E-state index contributed by atoms with van der Waals surface area (Å²) in [5.74, 6) is -0.177. The lowest BCUT2D eigenvalue weighted by atomic mass is 10.1. The van der Waals surface area contributed by atoms with Gasteiger partial charge in [-0.05, 0) is 25.3 Å². The second kappa shape index (κ2) is 6.13. The van der Waals surface area contributed by atoms with Crippen LogP contribution in [0, 0.1) is 13.8 Å². The number of nitrogens with one attached hydrogen (secondary N) is 2. The minimum atomic E-state index is -0.341. The lowest BCUT2D eigenvalue weighted by molar-refractivity contribution is -0.121. The Balaban J connectivity index is 1.69. The second-order valence-corrected chi connectivity index (χ2v) is 5.84. The molecule has 0 aliphatic heterocycles. The fourth-order valence-electron chi connectivity index (χ4n) is 2.21. The number of amides is 2. The molecule has 0 bridgehead atoms. The number of carbonyl (C=O) groups is 2. The quantitative estimate of drug-likeness (QED) is 0.692. The van der Waals surface area contributed by atoms with Crippen molar-refractivity contribution >= 4 is 28.9 Å². The molecule has 2 amide bonds. The maximum atomic E-state index is 12.1. The van der Waals surface area contributed by atoms with Crippen molar-refractivity contribution in [3.63, 3.8) is 0 Å². The number of thiophene rings is 1. The van der Waals surface area contributed by atoms with Crippen LogP contribution in [0.15, 0.2) is 23.8 Å². The number of aromatic nitrogens is 4. The summed E-state index contributed by atoms with van der Waals surface area (Å²) in [6.45, 7) is 3.66. The molecule has 9 heteroatoms. The number of rotatable bonds is 3. The highest BCUT2D eigenvalue weighted by Gasteiger charge is 2.15. The predicted molar refractivity (Wildman–Crippen MR) is 83.9 cm³/mol. The summed E-state index contributed by atoms with van der Waals surface area (Å²) in [5.41, 5.74) is 7.07. The highest BCUT2D eigenvalue weighted by molar-refractivity contribution is 7.12. The van der Waals surface area contributed by atoms with E-state index in [1.54, 1.807) is 22.0 Å². The SMILES string of the molecule is Cc1nc2ncnn2c(C)c1CC(=O)NNC(=O)c1cccs1. The molecule has 0 spiro atoms. The largest absolute Gasteiger partial charge is 0.279 e. The molecule has 0 aliphatic rings. The van der Waals surface area contributed by atoms with E-state index in [0.29, 0.717) is 16.3 Å². The average Bonchev–Trinajstić information content (AvgIpc) is 3.20. The third kappa shape index (κ3) is 3.04. The summed E-state index contributed by atoms with van der Waals surface area (Å²) >= 11 is 1.30. The third-order valence-electron chi connectivity index (χ3n) is 3.39. The van der Waals surface area contributed by atoms with Crippen LogP contribution in [0.5, 0.6) is 0 Å². The van der Waals surface area contributed by atoms with Crippen LogP contribution >= 0.6 is 11.3 Å². The summed E-state index contributed by atoms with van der Waals surface area (Å²) in [4.78, 5) is 32.7. The Hall–Kier alpha value is -2.81. The number of fused-ring (bicyclic) bond motifs is 1. The molecule has 8 nitrogen and oxygen atoms in total. The van der Waals surface area contributed by atoms with Crippen molar-refractivity contribution in [2.24, 2.45) is 0 Å². The van der Waals surface area contributed by atoms with E-state index in [4.69, 9.17) is 0 Å². The van der Waals surface area contributed by atoms with Crippen molar-refractivity contribution in [1.82, 2.24) is 30.4 Å². The van der Waals surface area contributed by atoms with Crippen molar-refractivity contribution < 1.29 is 9.59 Å². The van der Waals surface area contributed by atoms with Gasteiger partial charge in [-0.25, -0.2) is 9.50 Å². The van der Waals surface area contributed by atoms with Crippen LogP contribution in [0.1, 0.15) is 26.6 Å². The van der Waals surface area contributed by atoms with Gasteiger partial charge in [0, 0.05) is 17.0 Å². The van der Waals surface area contributed by atoms with E-state index in [1.165, 1.54) is 17.7 Å². The van der Waals surface area contributed by atoms with E-state index in [-0.39, 0.29) is 18.2 Å². The molecule has 118 valence electrons. The smallest absolute Gasteiger partial charge is 0.273 e. The van der Waals surface area contributed by atoms with E-state index >= 15 is 0 Å². The molecule has 0 saturated heterocycles.